The zero-order chi connectivity index (χ0) is 12.4. The van der Waals surface area contributed by atoms with Gasteiger partial charge in [-0.25, -0.2) is 0 Å². The monoisotopic (exact) mass is 273 g/mol. The summed E-state index contributed by atoms with van der Waals surface area (Å²) in [5, 5.41) is 3.43. The quantitative estimate of drug-likeness (QED) is 0.860. The number of fused-ring (bicyclic) bond motifs is 1. The SMILES string of the molecule is CN[C@@H]1CC[C@H](c2ccccc2)c2ccccc21.Cl. The van der Waals surface area contributed by atoms with Crippen molar-refractivity contribution in [2.24, 2.45) is 0 Å². The molecule has 1 N–H and O–H groups in total. The van der Waals surface area contributed by atoms with Gasteiger partial charge in [0.05, 0.1) is 0 Å². The Labute approximate surface area is 121 Å². The molecule has 100 valence electrons. The second kappa shape index (κ2) is 6.23. The van der Waals surface area contributed by atoms with E-state index in [9.17, 15) is 0 Å². The molecule has 2 aromatic carbocycles. The molecular formula is C17H20ClN. The highest BCUT2D eigenvalue weighted by Gasteiger charge is 2.26. The fraction of sp³-hybridized carbons (Fsp3) is 0.294. The van der Waals surface area contributed by atoms with E-state index < -0.39 is 0 Å². The zero-order valence-corrected chi connectivity index (χ0v) is 12.0. The summed E-state index contributed by atoms with van der Waals surface area (Å²) in [7, 11) is 2.06. The van der Waals surface area contributed by atoms with Crippen LogP contribution in [-0.4, -0.2) is 7.05 Å². The summed E-state index contributed by atoms with van der Waals surface area (Å²) in [6.07, 6.45) is 2.44. The number of halogens is 1. The van der Waals surface area contributed by atoms with E-state index in [1.165, 1.54) is 29.5 Å². The number of rotatable bonds is 2. The number of benzene rings is 2. The highest BCUT2D eigenvalue weighted by Crippen LogP contribution is 2.40. The van der Waals surface area contributed by atoms with Crippen molar-refractivity contribution >= 4 is 12.4 Å². The first-order valence-corrected chi connectivity index (χ1v) is 6.71. The van der Waals surface area contributed by atoms with E-state index in [1.807, 2.05) is 0 Å². The van der Waals surface area contributed by atoms with Crippen molar-refractivity contribution in [1.82, 2.24) is 5.32 Å². The molecule has 0 bridgehead atoms. The van der Waals surface area contributed by atoms with Crippen LogP contribution in [0, 0.1) is 0 Å². The van der Waals surface area contributed by atoms with E-state index in [-0.39, 0.29) is 12.4 Å². The van der Waals surface area contributed by atoms with Crippen LogP contribution >= 0.6 is 12.4 Å². The van der Waals surface area contributed by atoms with Crippen molar-refractivity contribution < 1.29 is 0 Å². The smallest absolute Gasteiger partial charge is 0.0320 e. The van der Waals surface area contributed by atoms with E-state index in [0.717, 1.165) is 0 Å². The fourth-order valence-corrected chi connectivity index (χ4v) is 3.12. The van der Waals surface area contributed by atoms with Crippen LogP contribution in [0.1, 0.15) is 41.5 Å². The molecule has 19 heavy (non-hydrogen) atoms. The first-order valence-electron chi connectivity index (χ1n) is 6.71. The largest absolute Gasteiger partial charge is 0.313 e. The van der Waals surface area contributed by atoms with Gasteiger partial charge in [-0.3, -0.25) is 0 Å². The van der Waals surface area contributed by atoms with Crippen LogP contribution in [0.3, 0.4) is 0 Å². The zero-order valence-electron chi connectivity index (χ0n) is 11.2. The molecule has 1 nitrogen and oxygen atoms in total. The van der Waals surface area contributed by atoms with Crippen LogP contribution in [0.5, 0.6) is 0 Å². The molecule has 2 aromatic rings. The van der Waals surface area contributed by atoms with Gasteiger partial charge in [0.25, 0.3) is 0 Å². The lowest BCUT2D eigenvalue weighted by molar-refractivity contribution is 0.471. The molecule has 0 aliphatic heterocycles. The van der Waals surface area contributed by atoms with Gasteiger partial charge in [0, 0.05) is 12.0 Å². The molecule has 0 unspecified atom stereocenters. The van der Waals surface area contributed by atoms with Crippen LogP contribution < -0.4 is 5.32 Å². The van der Waals surface area contributed by atoms with Crippen molar-refractivity contribution in [3.63, 3.8) is 0 Å². The van der Waals surface area contributed by atoms with Crippen molar-refractivity contribution in [1.29, 1.82) is 0 Å². The van der Waals surface area contributed by atoms with E-state index >= 15 is 0 Å². The predicted octanol–water partition coefficient (Wildman–Crippen LogP) is 4.29. The molecule has 2 atom stereocenters. The normalized spacial score (nSPS) is 21.3. The lowest BCUT2D eigenvalue weighted by atomic mass is 9.77. The minimum absolute atomic E-state index is 0. The molecular weight excluding hydrogens is 254 g/mol. The van der Waals surface area contributed by atoms with E-state index in [0.29, 0.717) is 12.0 Å². The molecule has 0 spiro atoms. The topological polar surface area (TPSA) is 12.0 Å². The molecule has 0 saturated carbocycles. The Morgan fingerprint density at radius 3 is 2.16 bits per heavy atom. The maximum atomic E-state index is 3.43. The molecule has 0 heterocycles. The van der Waals surface area contributed by atoms with E-state index in [4.69, 9.17) is 0 Å². The van der Waals surface area contributed by atoms with Crippen LogP contribution in [-0.2, 0) is 0 Å². The summed E-state index contributed by atoms with van der Waals surface area (Å²) in [6, 6.07) is 20.3. The van der Waals surface area contributed by atoms with Gasteiger partial charge in [-0.15, -0.1) is 12.4 Å². The van der Waals surface area contributed by atoms with Crippen LogP contribution in [0.4, 0.5) is 0 Å². The summed E-state index contributed by atoms with van der Waals surface area (Å²) in [6.45, 7) is 0. The van der Waals surface area contributed by atoms with Gasteiger partial charge in [0.2, 0.25) is 0 Å². The molecule has 1 aliphatic carbocycles. The summed E-state index contributed by atoms with van der Waals surface area (Å²) in [4.78, 5) is 0. The molecule has 2 heteroatoms. The Bertz CT molecular complexity index is 524. The number of hydrogen-bond acceptors (Lipinski definition) is 1. The summed E-state index contributed by atoms with van der Waals surface area (Å²) in [5.74, 6) is 0.562. The number of nitrogens with one attached hydrogen (secondary N) is 1. The van der Waals surface area contributed by atoms with Gasteiger partial charge in [0.1, 0.15) is 0 Å². The highest BCUT2D eigenvalue weighted by atomic mass is 35.5. The van der Waals surface area contributed by atoms with E-state index in [2.05, 4.69) is 67.0 Å². The molecule has 0 radical (unpaired) electrons. The third-order valence-corrected chi connectivity index (χ3v) is 4.04. The Hall–Kier alpha value is -1.31. The Balaban J connectivity index is 0.00000133. The third-order valence-electron chi connectivity index (χ3n) is 4.04. The lowest BCUT2D eigenvalue weighted by Gasteiger charge is -2.31. The summed E-state index contributed by atoms with van der Waals surface area (Å²) < 4.78 is 0. The standard InChI is InChI=1S/C17H19N.ClH/c1-18-17-12-11-14(13-7-3-2-4-8-13)15-9-5-6-10-16(15)17;/h2-10,14,17-18H,11-12H2,1H3;1H/t14-,17-;/m1./s1. The van der Waals surface area contributed by atoms with Crippen molar-refractivity contribution in [3.05, 3.63) is 71.3 Å². The Morgan fingerprint density at radius 2 is 1.47 bits per heavy atom. The molecule has 1 aliphatic rings. The van der Waals surface area contributed by atoms with Gasteiger partial charge in [-0.05, 0) is 36.6 Å². The van der Waals surface area contributed by atoms with Crippen LogP contribution in [0.15, 0.2) is 54.6 Å². The molecule has 0 aromatic heterocycles. The van der Waals surface area contributed by atoms with Gasteiger partial charge in [-0.1, -0.05) is 54.6 Å². The third kappa shape index (κ3) is 2.68. The predicted molar refractivity (Wildman–Crippen MR) is 83.0 cm³/mol. The van der Waals surface area contributed by atoms with Gasteiger partial charge >= 0.3 is 0 Å². The summed E-state index contributed by atoms with van der Waals surface area (Å²) >= 11 is 0. The average Bonchev–Trinajstić information content (AvgIpc) is 2.47. The molecule has 0 amide bonds. The van der Waals surface area contributed by atoms with Crippen molar-refractivity contribution in [2.45, 2.75) is 24.8 Å². The highest BCUT2D eigenvalue weighted by molar-refractivity contribution is 5.85. The van der Waals surface area contributed by atoms with Gasteiger partial charge < -0.3 is 5.32 Å². The number of hydrogen-bond donors (Lipinski definition) is 1. The lowest BCUT2D eigenvalue weighted by Crippen LogP contribution is -2.24. The van der Waals surface area contributed by atoms with Crippen molar-refractivity contribution in [2.75, 3.05) is 7.05 Å². The van der Waals surface area contributed by atoms with E-state index in [1.54, 1.807) is 0 Å². The Morgan fingerprint density at radius 1 is 0.842 bits per heavy atom. The second-order valence-corrected chi connectivity index (χ2v) is 5.01. The van der Waals surface area contributed by atoms with Crippen molar-refractivity contribution in [3.8, 4) is 0 Å². The molecule has 0 saturated heterocycles. The average molecular weight is 274 g/mol. The van der Waals surface area contributed by atoms with Crippen LogP contribution in [0.2, 0.25) is 0 Å². The second-order valence-electron chi connectivity index (χ2n) is 5.01. The van der Waals surface area contributed by atoms with Gasteiger partial charge in [-0.2, -0.15) is 0 Å². The van der Waals surface area contributed by atoms with Gasteiger partial charge in [0.15, 0.2) is 0 Å². The summed E-state index contributed by atoms with van der Waals surface area (Å²) in [5.41, 5.74) is 4.41. The molecule has 3 rings (SSSR count). The Kier molecular flexibility index (Phi) is 4.62. The van der Waals surface area contributed by atoms with Crippen LogP contribution in [0.25, 0.3) is 0 Å². The first kappa shape index (κ1) is 14.1. The minimum atomic E-state index is 0. The first-order chi connectivity index (χ1) is 8.90. The minimum Gasteiger partial charge on any atom is -0.313 e. The maximum Gasteiger partial charge on any atom is 0.0320 e. The maximum absolute atomic E-state index is 3.43. The fourth-order valence-electron chi connectivity index (χ4n) is 3.12. The molecule has 0 fully saturated rings.